The van der Waals surface area contributed by atoms with E-state index in [1.807, 2.05) is 0 Å². The van der Waals surface area contributed by atoms with Crippen LogP contribution in [0.15, 0.2) is 18.2 Å². The quantitative estimate of drug-likeness (QED) is 0.884. The summed E-state index contributed by atoms with van der Waals surface area (Å²) in [4.78, 5) is 12.3. The van der Waals surface area contributed by atoms with E-state index in [0.29, 0.717) is 5.56 Å². The molecule has 1 aromatic rings. The van der Waals surface area contributed by atoms with E-state index in [1.54, 1.807) is 19.2 Å². The monoisotopic (exact) mass is 278 g/mol. The normalized spacial score (nSPS) is 22.4. The number of rotatable bonds is 4. The van der Waals surface area contributed by atoms with E-state index in [0.717, 1.165) is 18.8 Å². The molecule has 0 unspecified atom stereocenters. The predicted octanol–water partition coefficient (Wildman–Crippen LogP) is 3.57. The zero-order valence-electron chi connectivity index (χ0n) is 12.2. The molecule has 1 aliphatic carbocycles. The summed E-state index contributed by atoms with van der Waals surface area (Å²) in [5.41, 5.74) is 0.650. The lowest BCUT2D eigenvalue weighted by Crippen LogP contribution is -2.37. The van der Waals surface area contributed by atoms with Crippen LogP contribution in [0.5, 0.6) is 0 Å². The van der Waals surface area contributed by atoms with Crippen LogP contribution in [-0.4, -0.2) is 19.0 Å². The zero-order valence-corrected chi connectivity index (χ0v) is 12.2. The molecular weight excluding hydrogens is 255 g/mol. The molecule has 0 aromatic heterocycles. The highest BCUT2D eigenvalue weighted by atomic mass is 19.1. The molecule has 3 nitrogen and oxygen atoms in total. The molecule has 0 radical (unpaired) electrons. The van der Waals surface area contributed by atoms with Gasteiger partial charge in [-0.05, 0) is 43.7 Å². The molecule has 0 bridgehead atoms. The van der Waals surface area contributed by atoms with Gasteiger partial charge in [0.25, 0.3) is 5.91 Å². The topological polar surface area (TPSA) is 41.1 Å². The highest BCUT2D eigenvalue weighted by Gasteiger charge is 2.23. The molecule has 1 fully saturated rings. The second-order valence-electron chi connectivity index (χ2n) is 5.51. The van der Waals surface area contributed by atoms with E-state index < -0.39 is 5.82 Å². The molecule has 1 aromatic carbocycles. The van der Waals surface area contributed by atoms with Crippen LogP contribution in [0.25, 0.3) is 0 Å². The highest BCUT2D eigenvalue weighted by molar-refractivity contribution is 5.99. The Morgan fingerprint density at radius 2 is 2.00 bits per heavy atom. The fraction of sp³-hybridized carbons (Fsp3) is 0.562. The number of amides is 1. The van der Waals surface area contributed by atoms with Gasteiger partial charge in [0.2, 0.25) is 0 Å². The molecule has 20 heavy (non-hydrogen) atoms. The van der Waals surface area contributed by atoms with Crippen LogP contribution in [0.1, 0.15) is 49.4 Å². The Morgan fingerprint density at radius 3 is 2.60 bits per heavy atom. The van der Waals surface area contributed by atoms with Gasteiger partial charge in [-0.25, -0.2) is 4.39 Å². The number of halogens is 1. The van der Waals surface area contributed by atoms with Crippen LogP contribution >= 0.6 is 0 Å². The molecule has 0 spiro atoms. The van der Waals surface area contributed by atoms with Gasteiger partial charge in [0.05, 0.1) is 11.3 Å². The summed E-state index contributed by atoms with van der Waals surface area (Å²) in [6.07, 6.45) is 5.60. The van der Waals surface area contributed by atoms with E-state index in [9.17, 15) is 9.18 Å². The van der Waals surface area contributed by atoms with Crippen molar-refractivity contribution in [3.63, 3.8) is 0 Å². The number of benzene rings is 1. The number of para-hydroxylation sites is 1. The van der Waals surface area contributed by atoms with Crippen molar-refractivity contribution < 1.29 is 9.18 Å². The Bertz CT molecular complexity index is 468. The van der Waals surface area contributed by atoms with Crippen LogP contribution in [0.3, 0.4) is 0 Å². The van der Waals surface area contributed by atoms with Crippen molar-refractivity contribution in [2.24, 2.45) is 5.92 Å². The first-order valence-electron chi connectivity index (χ1n) is 7.42. The molecule has 1 aliphatic rings. The SMILES string of the molecule is CCC1CCC(NC(=O)c2cccc(F)c2NC)CC1. The summed E-state index contributed by atoms with van der Waals surface area (Å²) in [6.45, 7) is 2.22. The molecule has 1 amide bonds. The largest absolute Gasteiger partial charge is 0.385 e. The van der Waals surface area contributed by atoms with Crippen LogP contribution in [-0.2, 0) is 0 Å². The molecule has 110 valence electrons. The highest BCUT2D eigenvalue weighted by Crippen LogP contribution is 2.27. The second kappa shape index (κ2) is 6.73. The van der Waals surface area contributed by atoms with Crippen LogP contribution < -0.4 is 10.6 Å². The van der Waals surface area contributed by atoms with Gasteiger partial charge >= 0.3 is 0 Å². The maximum absolute atomic E-state index is 13.6. The van der Waals surface area contributed by atoms with Gasteiger partial charge in [0.15, 0.2) is 0 Å². The third-order valence-corrected chi connectivity index (χ3v) is 4.27. The maximum Gasteiger partial charge on any atom is 0.253 e. The summed E-state index contributed by atoms with van der Waals surface area (Å²) < 4.78 is 13.6. The van der Waals surface area contributed by atoms with E-state index in [4.69, 9.17) is 0 Å². The molecular formula is C16H23FN2O. The van der Waals surface area contributed by atoms with Crippen molar-refractivity contribution in [1.82, 2.24) is 5.32 Å². The van der Waals surface area contributed by atoms with Crippen molar-refractivity contribution in [3.05, 3.63) is 29.6 Å². The Kier molecular flexibility index (Phi) is 4.99. The van der Waals surface area contributed by atoms with Crippen LogP contribution in [0, 0.1) is 11.7 Å². The summed E-state index contributed by atoms with van der Waals surface area (Å²) in [5.74, 6) is 0.217. The number of hydrogen-bond acceptors (Lipinski definition) is 2. The molecule has 0 aliphatic heterocycles. The van der Waals surface area contributed by atoms with E-state index in [2.05, 4.69) is 17.6 Å². The molecule has 1 saturated carbocycles. The Balaban J connectivity index is 2.01. The fourth-order valence-corrected chi connectivity index (χ4v) is 2.95. The number of carbonyl (C=O) groups is 1. The molecule has 2 N–H and O–H groups in total. The number of anilines is 1. The van der Waals surface area contributed by atoms with Crippen molar-refractivity contribution >= 4 is 11.6 Å². The second-order valence-corrected chi connectivity index (χ2v) is 5.51. The lowest BCUT2D eigenvalue weighted by Gasteiger charge is -2.28. The number of hydrogen-bond donors (Lipinski definition) is 2. The van der Waals surface area contributed by atoms with Gasteiger partial charge in [-0.15, -0.1) is 0 Å². The fourth-order valence-electron chi connectivity index (χ4n) is 2.95. The van der Waals surface area contributed by atoms with Gasteiger partial charge in [-0.3, -0.25) is 4.79 Å². The molecule has 0 atom stereocenters. The summed E-state index contributed by atoms with van der Waals surface area (Å²) in [5, 5.41) is 5.80. The predicted molar refractivity (Wildman–Crippen MR) is 79.4 cm³/mol. The van der Waals surface area contributed by atoms with Crippen LogP contribution in [0.2, 0.25) is 0 Å². The minimum absolute atomic E-state index is 0.186. The standard InChI is InChI=1S/C16H23FN2O/c1-3-11-7-9-12(10-8-11)19-16(20)13-5-4-6-14(17)15(13)18-2/h4-6,11-12,18H,3,7-10H2,1-2H3,(H,19,20). The minimum Gasteiger partial charge on any atom is -0.385 e. The maximum atomic E-state index is 13.6. The minimum atomic E-state index is -0.394. The van der Waals surface area contributed by atoms with Crippen LogP contribution in [0.4, 0.5) is 10.1 Å². The number of nitrogens with one attached hydrogen (secondary N) is 2. The Labute approximate surface area is 120 Å². The Morgan fingerprint density at radius 1 is 1.30 bits per heavy atom. The smallest absolute Gasteiger partial charge is 0.253 e. The number of carbonyl (C=O) groups excluding carboxylic acids is 1. The van der Waals surface area contributed by atoms with Crippen molar-refractivity contribution in [1.29, 1.82) is 0 Å². The molecule has 4 heteroatoms. The van der Waals surface area contributed by atoms with Gasteiger partial charge in [0.1, 0.15) is 5.82 Å². The average Bonchev–Trinajstić information content (AvgIpc) is 2.47. The van der Waals surface area contributed by atoms with Gasteiger partial charge in [-0.2, -0.15) is 0 Å². The Hall–Kier alpha value is -1.58. The third kappa shape index (κ3) is 3.30. The van der Waals surface area contributed by atoms with Crippen molar-refractivity contribution in [2.75, 3.05) is 12.4 Å². The van der Waals surface area contributed by atoms with Crippen molar-refractivity contribution in [3.8, 4) is 0 Å². The van der Waals surface area contributed by atoms with Crippen molar-refractivity contribution in [2.45, 2.75) is 45.1 Å². The first-order valence-corrected chi connectivity index (χ1v) is 7.42. The summed E-state index contributed by atoms with van der Waals surface area (Å²) in [7, 11) is 1.63. The van der Waals surface area contributed by atoms with E-state index in [-0.39, 0.29) is 17.6 Å². The van der Waals surface area contributed by atoms with E-state index in [1.165, 1.54) is 25.3 Å². The summed E-state index contributed by atoms with van der Waals surface area (Å²) in [6, 6.07) is 4.80. The van der Waals surface area contributed by atoms with Gasteiger partial charge < -0.3 is 10.6 Å². The molecule has 0 saturated heterocycles. The lowest BCUT2D eigenvalue weighted by atomic mass is 9.84. The third-order valence-electron chi connectivity index (χ3n) is 4.27. The molecule has 2 rings (SSSR count). The summed E-state index contributed by atoms with van der Waals surface area (Å²) >= 11 is 0. The lowest BCUT2D eigenvalue weighted by molar-refractivity contribution is 0.0922. The zero-order chi connectivity index (χ0) is 14.5. The van der Waals surface area contributed by atoms with E-state index >= 15 is 0 Å². The first-order chi connectivity index (χ1) is 9.65. The average molecular weight is 278 g/mol. The van der Waals surface area contributed by atoms with Gasteiger partial charge in [-0.1, -0.05) is 19.4 Å². The first kappa shape index (κ1) is 14.8. The van der Waals surface area contributed by atoms with Gasteiger partial charge in [0, 0.05) is 13.1 Å². The molecule has 0 heterocycles.